The molecule has 4 heteroatoms. The van der Waals surface area contributed by atoms with Crippen LogP contribution >= 0.6 is 15.9 Å². The molecule has 0 radical (unpaired) electrons. The third kappa shape index (κ3) is 4.28. The summed E-state index contributed by atoms with van der Waals surface area (Å²) in [6.07, 6.45) is 0.898. The molecule has 0 amide bonds. The smallest absolute Gasteiger partial charge is 0.127 e. The van der Waals surface area contributed by atoms with Crippen LogP contribution < -0.4 is 11.1 Å². The molecule has 1 rings (SSSR count). The first-order chi connectivity index (χ1) is 7.13. The summed E-state index contributed by atoms with van der Waals surface area (Å²) in [7, 11) is 0. The summed E-state index contributed by atoms with van der Waals surface area (Å²) >= 11 is 3.32. The molecule has 0 fully saturated rings. The molecular weight excluding hydrogens is 259 g/mol. The Morgan fingerprint density at radius 1 is 1.53 bits per heavy atom. The molecule has 0 aliphatic heterocycles. The average molecular weight is 275 g/mol. The van der Waals surface area contributed by atoms with E-state index in [-0.39, 0.29) is 5.82 Å². The summed E-state index contributed by atoms with van der Waals surface area (Å²) in [6, 6.07) is 5.27. The topological polar surface area (TPSA) is 38.0 Å². The molecule has 1 aromatic carbocycles. The monoisotopic (exact) mass is 274 g/mol. The second kappa shape index (κ2) is 6.20. The molecule has 84 valence electrons. The SMILES string of the molecule is CC(CCN)NCc1cc(Br)ccc1F. The number of hydrogen-bond acceptors (Lipinski definition) is 2. The molecule has 2 nitrogen and oxygen atoms in total. The average Bonchev–Trinajstić information content (AvgIpc) is 2.20. The summed E-state index contributed by atoms with van der Waals surface area (Å²) in [6.45, 7) is 3.23. The first kappa shape index (κ1) is 12.6. The van der Waals surface area contributed by atoms with E-state index in [1.54, 1.807) is 12.1 Å². The van der Waals surface area contributed by atoms with E-state index in [0.29, 0.717) is 24.7 Å². The van der Waals surface area contributed by atoms with Gasteiger partial charge in [0.05, 0.1) is 0 Å². The minimum absolute atomic E-state index is 0.175. The van der Waals surface area contributed by atoms with Crippen LogP contribution in [0.25, 0.3) is 0 Å². The number of nitrogens with two attached hydrogens (primary N) is 1. The van der Waals surface area contributed by atoms with Gasteiger partial charge in [-0.15, -0.1) is 0 Å². The summed E-state index contributed by atoms with van der Waals surface area (Å²) in [4.78, 5) is 0. The Kier molecular flexibility index (Phi) is 5.22. The predicted octanol–water partition coefficient (Wildman–Crippen LogP) is 2.42. The predicted molar refractivity (Wildman–Crippen MR) is 64.1 cm³/mol. The van der Waals surface area contributed by atoms with Crippen molar-refractivity contribution in [2.45, 2.75) is 25.9 Å². The van der Waals surface area contributed by atoms with Gasteiger partial charge < -0.3 is 11.1 Å². The number of hydrogen-bond donors (Lipinski definition) is 2. The lowest BCUT2D eigenvalue weighted by Crippen LogP contribution is -2.28. The van der Waals surface area contributed by atoms with E-state index in [1.165, 1.54) is 6.07 Å². The summed E-state index contributed by atoms with van der Waals surface area (Å²) in [5.74, 6) is -0.175. The molecule has 0 aliphatic carbocycles. The summed E-state index contributed by atoms with van der Waals surface area (Å²) in [5, 5.41) is 3.23. The van der Waals surface area contributed by atoms with Gasteiger partial charge in [-0.3, -0.25) is 0 Å². The fourth-order valence-corrected chi connectivity index (χ4v) is 1.72. The van der Waals surface area contributed by atoms with Gasteiger partial charge in [0, 0.05) is 22.6 Å². The van der Waals surface area contributed by atoms with E-state index in [2.05, 4.69) is 21.2 Å². The molecule has 0 bridgehead atoms. The standard InChI is InChI=1S/C11H16BrFN2/c1-8(4-5-14)15-7-9-6-10(12)2-3-11(9)13/h2-3,6,8,15H,4-5,7,14H2,1H3. The molecule has 0 saturated carbocycles. The van der Waals surface area contributed by atoms with Crippen LogP contribution in [-0.2, 0) is 6.54 Å². The van der Waals surface area contributed by atoms with E-state index in [9.17, 15) is 4.39 Å². The zero-order chi connectivity index (χ0) is 11.3. The van der Waals surface area contributed by atoms with Crippen LogP contribution in [0.2, 0.25) is 0 Å². The van der Waals surface area contributed by atoms with Crippen LogP contribution in [0.1, 0.15) is 18.9 Å². The van der Waals surface area contributed by atoms with Crippen molar-refractivity contribution in [3.05, 3.63) is 34.1 Å². The molecule has 0 spiro atoms. The molecular formula is C11H16BrFN2. The molecule has 1 aromatic rings. The van der Waals surface area contributed by atoms with Crippen molar-refractivity contribution < 1.29 is 4.39 Å². The van der Waals surface area contributed by atoms with Crippen molar-refractivity contribution in [3.63, 3.8) is 0 Å². The summed E-state index contributed by atoms with van der Waals surface area (Å²) in [5.41, 5.74) is 6.11. The van der Waals surface area contributed by atoms with E-state index < -0.39 is 0 Å². The third-order valence-corrected chi connectivity index (χ3v) is 2.74. The van der Waals surface area contributed by atoms with Gasteiger partial charge in [0.2, 0.25) is 0 Å². The van der Waals surface area contributed by atoms with Crippen molar-refractivity contribution in [2.24, 2.45) is 5.73 Å². The van der Waals surface area contributed by atoms with Crippen molar-refractivity contribution in [1.82, 2.24) is 5.32 Å². The van der Waals surface area contributed by atoms with Gasteiger partial charge in [0.15, 0.2) is 0 Å². The highest BCUT2D eigenvalue weighted by Gasteiger charge is 2.04. The van der Waals surface area contributed by atoms with Crippen LogP contribution in [-0.4, -0.2) is 12.6 Å². The largest absolute Gasteiger partial charge is 0.330 e. The third-order valence-electron chi connectivity index (χ3n) is 2.25. The maximum absolute atomic E-state index is 13.3. The number of rotatable bonds is 5. The Morgan fingerprint density at radius 3 is 2.93 bits per heavy atom. The molecule has 0 aromatic heterocycles. The van der Waals surface area contributed by atoms with Gasteiger partial charge in [-0.05, 0) is 38.1 Å². The van der Waals surface area contributed by atoms with Crippen molar-refractivity contribution in [3.8, 4) is 0 Å². The highest BCUT2D eigenvalue weighted by molar-refractivity contribution is 9.10. The normalized spacial score (nSPS) is 12.8. The maximum Gasteiger partial charge on any atom is 0.127 e. The Labute approximate surface area is 98.2 Å². The van der Waals surface area contributed by atoms with Gasteiger partial charge in [0.1, 0.15) is 5.82 Å². The van der Waals surface area contributed by atoms with Gasteiger partial charge in [-0.1, -0.05) is 15.9 Å². The Morgan fingerprint density at radius 2 is 2.27 bits per heavy atom. The van der Waals surface area contributed by atoms with Crippen LogP contribution in [0.15, 0.2) is 22.7 Å². The van der Waals surface area contributed by atoms with E-state index in [0.717, 1.165) is 10.9 Å². The minimum atomic E-state index is -0.175. The lowest BCUT2D eigenvalue weighted by molar-refractivity contribution is 0.506. The van der Waals surface area contributed by atoms with Crippen LogP contribution in [0.3, 0.4) is 0 Å². The molecule has 3 N–H and O–H groups in total. The van der Waals surface area contributed by atoms with E-state index in [4.69, 9.17) is 5.73 Å². The van der Waals surface area contributed by atoms with Crippen molar-refractivity contribution in [2.75, 3.05) is 6.54 Å². The summed E-state index contributed by atoms with van der Waals surface area (Å²) < 4.78 is 14.2. The molecule has 1 unspecified atom stereocenters. The lowest BCUT2D eigenvalue weighted by Gasteiger charge is -2.13. The van der Waals surface area contributed by atoms with Gasteiger partial charge >= 0.3 is 0 Å². The number of halogens is 2. The second-order valence-corrected chi connectivity index (χ2v) is 4.51. The Hall–Kier alpha value is -0.450. The molecule has 0 heterocycles. The maximum atomic E-state index is 13.3. The minimum Gasteiger partial charge on any atom is -0.330 e. The molecule has 1 atom stereocenters. The first-order valence-corrected chi connectivity index (χ1v) is 5.80. The van der Waals surface area contributed by atoms with E-state index >= 15 is 0 Å². The molecule has 0 aliphatic rings. The van der Waals surface area contributed by atoms with Crippen molar-refractivity contribution in [1.29, 1.82) is 0 Å². The van der Waals surface area contributed by atoms with Crippen molar-refractivity contribution >= 4 is 15.9 Å². The fraction of sp³-hybridized carbons (Fsp3) is 0.455. The fourth-order valence-electron chi connectivity index (χ4n) is 1.32. The van der Waals surface area contributed by atoms with E-state index in [1.807, 2.05) is 6.92 Å². The Balaban J connectivity index is 2.53. The highest BCUT2D eigenvalue weighted by atomic mass is 79.9. The number of nitrogens with one attached hydrogen (secondary N) is 1. The highest BCUT2D eigenvalue weighted by Crippen LogP contribution is 2.15. The zero-order valence-electron chi connectivity index (χ0n) is 8.76. The molecule has 0 saturated heterocycles. The number of benzene rings is 1. The van der Waals surface area contributed by atoms with Gasteiger partial charge in [0.25, 0.3) is 0 Å². The van der Waals surface area contributed by atoms with Crippen LogP contribution in [0.4, 0.5) is 4.39 Å². The zero-order valence-corrected chi connectivity index (χ0v) is 10.3. The molecule has 15 heavy (non-hydrogen) atoms. The second-order valence-electron chi connectivity index (χ2n) is 3.60. The Bertz CT molecular complexity index is 317. The first-order valence-electron chi connectivity index (χ1n) is 5.01. The van der Waals surface area contributed by atoms with Gasteiger partial charge in [-0.2, -0.15) is 0 Å². The quantitative estimate of drug-likeness (QED) is 0.866. The van der Waals surface area contributed by atoms with Gasteiger partial charge in [-0.25, -0.2) is 4.39 Å². The lowest BCUT2D eigenvalue weighted by atomic mass is 10.2. The van der Waals surface area contributed by atoms with Crippen LogP contribution in [0, 0.1) is 5.82 Å². The van der Waals surface area contributed by atoms with Crippen LogP contribution in [0.5, 0.6) is 0 Å².